The lowest BCUT2D eigenvalue weighted by molar-refractivity contribution is -0.135. The zero-order valence-corrected chi connectivity index (χ0v) is 14.0. The molecule has 0 aromatic rings. The Bertz CT molecular complexity index is 296. The Hall–Kier alpha value is -0.280. The van der Waals surface area contributed by atoms with Crippen LogP contribution in [-0.4, -0.2) is 23.4 Å². The van der Waals surface area contributed by atoms with Crippen molar-refractivity contribution in [2.24, 2.45) is 29.4 Å². The summed E-state index contributed by atoms with van der Waals surface area (Å²) in [5, 5.41) is 0. The van der Waals surface area contributed by atoms with Crippen molar-refractivity contribution >= 4 is 17.7 Å². The van der Waals surface area contributed by atoms with Crippen molar-refractivity contribution in [1.29, 1.82) is 0 Å². The molecule has 3 atom stereocenters. The SMILES string of the molecule is CC(C)[C@@H]1CC[C@@H](C)C[C@H]1C(=O)N(Cl)CCCCCN. The number of unbranched alkanes of at least 4 members (excludes halogenated alkanes) is 2. The summed E-state index contributed by atoms with van der Waals surface area (Å²) in [7, 11) is 0. The van der Waals surface area contributed by atoms with Crippen LogP contribution in [0.3, 0.4) is 0 Å². The van der Waals surface area contributed by atoms with Gasteiger partial charge in [-0.05, 0) is 50.0 Å². The highest BCUT2D eigenvalue weighted by atomic mass is 35.5. The van der Waals surface area contributed by atoms with Gasteiger partial charge < -0.3 is 5.73 Å². The molecule has 1 saturated carbocycles. The predicted octanol–water partition coefficient (Wildman–Crippen LogP) is 3.81. The number of rotatable bonds is 7. The zero-order chi connectivity index (χ0) is 15.1. The number of hydrogen-bond acceptors (Lipinski definition) is 2. The fraction of sp³-hybridized carbons (Fsp3) is 0.938. The van der Waals surface area contributed by atoms with Gasteiger partial charge in [0.25, 0.3) is 0 Å². The minimum absolute atomic E-state index is 0.116. The van der Waals surface area contributed by atoms with Gasteiger partial charge in [-0.3, -0.25) is 9.21 Å². The standard InChI is InChI=1S/C16H31ClN2O/c1-12(2)14-8-7-13(3)11-15(14)16(20)19(17)10-6-4-5-9-18/h12-15H,4-11,18H2,1-3H3/t13-,14+,15-/m1/s1. The molecule has 1 aliphatic carbocycles. The second-order valence-electron chi connectivity index (χ2n) is 6.71. The molecule has 0 radical (unpaired) electrons. The van der Waals surface area contributed by atoms with Gasteiger partial charge in [-0.2, -0.15) is 0 Å². The first-order valence-electron chi connectivity index (χ1n) is 8.14. The number of carbonyl (C=O) groups excluding carboxylic acids is 1. The fourth-order valence-electron chi connectivity index (χ4n) is 3.35. The molecule has 118 valence electrons. The third kappa shape index (κ3) is 5.25. The monoisotopic (exact) mass is 302 g/mol. The van der Waals surface area contributed by atoms with E-state index < -0.39 is 0 Å². The summed E-state index contributed by atoms with van der Waals surface area (Å²) in [6.07, 6.45) is 6.39. The van der Waals surface area contributed by atoms with Crippen LogP contribution in [0.2, 0.25) is 0 Å². The van der Waals surface area contributed by atoms with Crippen LogP contribution in [0.15, 0.2) is 0 Å². The van der Waals surface area contributed by atoms with Gasteiger partial charge in [0.2, 0.25) is 5.91 Å². The fourth-order valence-corrected chi connectivity index (χ4v) is 3.59. The van der Waals surface area contributed by atoms with Gasteiger partial charge in [0, 0.05) is 24.2 Å². The van der Waals surface area contributed by atoms with Gasteiger partial charge in [0.05, 0.1) is 0 Å². The molecular formula is C16H31ClN2O. The van der Waals surface area contributed by atoms with E-state index in [9.17, 15) is 4.79 Å². The lowest BCUT2D eigenvalue weighted by atomic mass is 9.70. The van der Waals surface area contributed by atoms with E-state index >= 15 is 0 Å². The average molecular weight is 303 g/mol. The first kappa shape index (κ1) is 17.8. The Balaban J connectivity index is 2.52. The van der Waals surface area contributed by atoms with Crippen LogP contribution in [0.5, 0.6) is 0 Å². The van der Waals surface area contributed by atoms with Crippen molar-refractivity contribution in [3.8, 4) is 0 Å². The normalized spacial score (nSPS) is 26.8. The molecule has 20 heavy (non-hydrogen) atoms. The van der Waals surface area contributed by atoms with Gasteiger partial charge in [-0.1, -0.05) is 33.6 Å². The van der Waals surface area contributed by atoms with Crippen LogP contribution >= 0.6 is 11.8 Å². The summed E-state index contributed by atoms with van der Waals surface area (Å²) >= 11 is 6.21. The molecule has 1 rings (SSSR count). The van der Waals surface area contributed by atoms with Gasteiger partial charge in [0.1, 0.15) is 0 Å². The summed E-state index contributed by atoms with van der Waals surface area (Å²) in [4.78, 5) is 12.6. The molecule has 1 fully saturated rings. The van der Waals surface area contributed by atoms with Crippen LogP contribution in [-0.2, 0) is 4.79 Å². The molecule has 0 unspecified atom stereocenters. The number of hydrogen-bond donors (Lipinski definition) is 1. The maximum Gasteiger partial charge on any atom is 0.240 e. The molecule has 0 aromatic heterocycles. The molecule has 3 nitrogen and oxygen atoms in total. The van der Waals surface area contributed by atoms with E-state index in [4.69, 9.17) is 17.5 Å². The smallest absolute Gasteiger partial charge is 0.240 e. The van der Waals surface area contributed by atoms with Crippen molar-refractivity contribution in [3.05, 3.63) is 0 Å². The maximum atomic E-state index is 12.6. The third-order valence-corrected chi connectivity index (χ3v) is 4.97. The number of amides is 1. The largest absolute Gasteiger partial charge is 0.330 e. The van der Waals surface area contributed by atoms with E-state index in [-0.39, 0.29) is 11.8 Å². The molecule has 0 saturated heterocycles. The van der Waals surface area contributed by atoms with Crippen LogP contribution in [0.25, 0.3) is 0 Å². The molecule has 0 aliphatic heterocycles. The van der Waals surface area contributed by atoms with Crippen molar-refractivity contribution in [3.63, 3.8) is 0 Å². The van der Waals surface area contributed by atoms with Crippen LogP contribution < -0.4 is 5.73 Å². The molecular weight excluding hydrogens is 272 g/mol. The summed E-state index contributed by atoms with van der Waals surface area (Å²) in [5.41, 5.74) is 5.48. The predicted molar refractivity (Wildman–Crippen MR) is 85.3 cm³/mol. The van der Waals surface area contributed by atoms with E-state index in [1.807, 2.05) is 0 Å². The van der Waals surface area contributed by atoms with Crippen molar-refractivity contribution in [2.75, 3.05) is 13.1 Å². The van der Waals surface area contributed by atoms with Gasteiger partial charge in [0.15, 0.2) is 0 Å². The lowest BCUT2D eigenvalue weighted by Gasteiger charge is -2.37. The average Bonchev–Trinajstić information content (AvgIpc) is 2.42. The summed E-state index contributed by atoms with van der Waals surface area (Å²) < 4.78 is 1.44. The lowest BCUT2D eigenvalue weighted by Crippen LogP contribution is -2.39. The highest BCUT2D eigenvalue weighted by Gasteiger charge is 2.37. The third-order valence-electron chi connectivity index (χ3n) is 4.64. The van der Waals surface area contributed by atoms with Gasteiger partial charge in [-0.15, -0.1) is 0 Å². The highest BCUT2D eigenvalue weighted by Crippen LogP contribution is 2.39. The first-order valence-corrected chi connectivity index (χ1v) is 8.48. The van der Waals surface area contributed by atoms with Crippen molar-refractivity contribution in [2.45, 2.75) is 59.3 Å². The second-order valence-corrected chi connectivity index (χ2v) is 7.11. The maximum absolute atomic E-state index is 12.6. The molecule has 1 amide bonds. The quantitative estimate of drug-likeness (QED) is 0.574. The minimum Gasteiger partial charge on any atom is -0.330 e. The zero-order valence-electron chi connectivity index (χ0n) is 13.3. The van der Waals surface area contributed by atoms with Gasteiger partial charge in [-0.25, -0.2) is 0 Å². The van der Waals surface area contributed by atoms with E-state index in [2.05, 4.69) is 20.8 Å². The van der Waals surface area contributed by atoms with E-state index in [1.54, 1.807) is 0 Å². The van der Waals surface area contributed by atoms with Crippen LogP contribution in [0, 0.1) is 23.7 Å². The summed E-state index contributed by atoms with van der Waals surface area (Å²) in [5.74, 6) is 1.94. The molecule has 0 aromatic carbocycles. The van der Waals surface area contributed by atoms with Gasteiger partial charge >= 0.3 is 0 Å². The second kappa shape index (κ2) is 8.89. The minimum atomic E-state index is 0.116. The Labute approximate surface area is 129 Å². The molecule has 0 spiro atoms. The molecule has 2 N–H and O–H groups in total. The first-order chi connectivity index (χ1) is 9.47. The number of carbonyl (C=O) groups is 1. The van der Waals surface area contributed by atoms with E-state index in [0.29, 0.717) is 30.8 Å². The molecule has 0 heterocycles. The van der Waals surface area contributed by atoms with Crippen LogP contribution in [0.4, 0.5) is 0 Å². The van der Waals surface area contributed by atoms with E-state index in [0.717, 1.165) is 32.1 Å². The number of nitrogens with zero attached hydrogens (tertiary/aromatic N) is 1. The Morgan fingerprint density at radius 1 is 1.30 bits per heavy atom. The molecule has 1 aliphatic rings. The van der Waals surface area contributed by atoms with Crippen molar-refractivity contribution in [1.82, 2.24) is 4.42 Å². The summed E-state index contributed by atoms with van der Waals surface area (Å²) in [6.45, 7) is 8.06. The Morgan fingerprint density at radius 3 is 2.60 bits per heavy atom. The number of halogens is 1. The van der Waals surface area contributed by atoms with E-state index in [1.165, 1.54) is 10.8 Å². The highest BCUT2D eigenvalue weighted by molar-refractivity contribution is 6.21. The topological polar surface area (TPSA) is 46.3 Å². The Morgan fingerprint density at radius 2 is 2.00 bits per heavy atom. The number of nitrogens with two attached hydrogens (primary N) is 1. The Kier molecular flexibility index (Phi) is 7.90. The summed E-state index contributed by atoms with van der Waals surface area (Å²) in [6, 6.07) is 0. The van der Waals surface area contributed by atoms with Crippen molar-refractivity contribution < 1.29 is 4.79 Å². The van der Waals surface area contributed by atoms with Crippen LogP contribution in [0.1, 0.15) is 59.3 Å². The molecule has 0 bridgehead atoms. The molecule has 4 heteroatoms.